The number of fused-ring (bicyclic) bond motifs is 4. The molecule has 4 aliphatic heterocycles. The van der Waals surface area contributed by atoms with E-state index in [1.165, 1.54) is 10.5 Å². The van der Waals surface area contributed by atoms with Crippen LogP contribution in [0.25, 0.3) is 0 Å². The monoisotopic (exact) mass is 442 g/mol. The first-order chi connectivity index (χ1) is 16.0. The van der Waals surface area contributed by atoms with Crippen molar-refractivity contribution < 1.29 is 14.3 Å². The van der Waals surface area contributed by atoms with Gasteiger partial charge in [0, 0.05) is 29.6 Å². The molecule has 4 aliphatic rings. The SMILES string of the molecule is C=C(CN1C(=O)[C@@H]2[C@H](C1=O)[C@H]1CCCN1[C@@H]2c1ccccc1)C[C@]1(C)COc2ccccc21. The summed E-state index contributed by atoms with van der Waals surface area (Å²) in [4.78, 5) is 31.2. The third-order valence-corrected chi connectivity index (χ3v) is 8.19. The minimum Gasteiger partial charge on any atom is -0.492 e. The lowest BCUT2D eigenvalue weighted by molar-refractivity contribution is -0.141. The first kappa shape index (κ1) is 20.7. The average Bonchev–Trinajstić information content (AvgIpc) is 3.54. The van der Waals surface area contributed by atoms with Crippen molar-refractivity contribution in [1.29, 1.82) is 0 Å². The maximum absolute atomic E-state index is 13.7. The molecule has 170 valence electrons. The lowest BCUT2D eigenvalue weighted by Crippen LogP contribution is -2.40. The van der Waals surface area contributed by atoms with Crippen molar-refractivity contribution in [2.75, 3.05) is 19.7 Å². The van der Waals surface area contributed by atoms with E-state index in [1.54, 1.807) is 0 Å². The van der Waals surface area contributed by atoms with Gasteiger partial charge in [-0.15, -0.1) is 0 Å². The highest BCUT2D eigenvalue weighted by molar-refractivity contribution is 6.06. The van der Waals surface area contributed by atoms with Crippen LogP contribution >= 0.6 is 0 Å². The number of benzene rings is 2. The maximum Gasteiger partial charge on any atom is 0.235 e. The fourth-order valence-corrected chi connectivity index (χ4v) is 6.85. The molecular weight excluding hydrogens is 412 g/mol. The molecule has 0 bridgehead atoms. The van der Waals surface area contributed by atoms with E-state index >= 15 is 0 Å². The molecule has 0 saturated carbocycles. The van der Waals surface area contributed by atoms with Gasteiger partial charge in [-0.2, -0.15) is 0 Å². The zero-order valence-electron chi connectivity index (χ0n) is 19.1. The molecule has 0 spiro atoms. The number of rotatable bonds is 5. The summed E-state index contributed by atoms with van der Waals surface area (Å²) in [7, 11) is 0. The highest BCUT2D eigenvalue weighted by atomic mass is 16.5. The van der Waals surface area contributed by atoms with E-state index < -0.39 is 0 Å². The Bertz CT molecular complexity index is 1130. The van der Waals surface area contributed by atoms with Crippen LogP contribution in [-0.4, -0.2) is 47.4 Å². The topological polar surface area (TPSA) is 49.9 Å². The fourth-order valence-electron chi connectivity index (χ4n) is 6.85. The van der Waals surface area contributed by atoms with Crippen LogP contribution in [0.2, 0.25) is 0 Å². The van der Waals surface area contributed by atoms with Crippen LogP contribution < -0.4 is 4.74 Å². The molecule has 0 radical (unpaired) electrons. The van der Waals surface area contributed by atoms with Crippen LogP contribution in [0.15, 0.2) is 66.7 Å². The molecule has 0 aromatic heterocycles. The molecule has 5 nitrogen and oxygen atoms in total. The minimum absolute atomic E-state index is 0.00490. The van der Waals surface area contributed by atoms with Gasteiger partial charge >= 0.3 is 0 Å². The number of amides is 2. The highest BCUT2D eigenvalue weighted by Crippen LogP contribution is 2.53. The summed E-state index contributed by atoms with van der Waals surface area (Å²) in [5.74, 6) is 0.369. The van der Waals surface area contributed by atoms with Crippen molar-refractivity contribution in [2.24, 2.45) is 11.8 Å². The van der Waals surface area contributed by atoms with Crippen molar-refractivity contribution in [3.05, 3.63) is 77.9 Å². The van der Waals surface area contributed by atoms with E-state index in [2.05, 4.69) is 36.6 Å². The minimum atomic E-state index is -0.288. The van der Waals surface area contributed by atoms with Gasteiger partial charge in [-0.1, -0.05) is 67.6 Å². The summed E-state index contributed by atoms with van der Waals surface area (Å²) >= 11 is 0. The van der Waals surface area contributed by atoms with Gasteiger partial charge in [0.2, 0.25) is 11.8 Å². The van der Waals surface area contributed by atoms with E-state index in [9.17, 15) is 9.59 Å². The van der Waals surface area contributed by atoms with Crippen LogP contribution in [0.5, 0.6) is 5.75 Å². The normalized spacial score (nSPS) is 32.6. The summed E-state index contributed by atoms with van der Waals surface area (Å²) in [5, 5.41) is 0. The van der Waals surface area contributed by atoms with Crippen molar-refractivity contribution in [1.82, 2.24) is 9.80 Å². The van der Waals surface area contributed by atoms with E-state index in [-0.39, 0.29) is 41.1 Å². The van der Waals surface area contributed by atoms with Crippen LogP contribution in [0, 0.1) is 11.8 Å². The standard InChI is InChI=1S/C28H30N2O3/c1-18(15-28(2)17-33-22-13-7-6-11-20(22)28)16-30-26(31)23-21-12-8-14-29(21)25(24(23)27(30)32)19-9-4-3-5-10-19/h3-7,9-11,13,21,23-25H,1,8,12,14-17H2,2H3/t21-,23-,24-,25-,28-/m1/s1. The first-order valence-electron chi connectivity index (χ1n) is 12.0. The zero-order chi connectivity index (χ0) is 22.7. The molecule has 2 amide bonds. The first-order valence-corrected chi connectivity index (χ1v) is 12.0. The van der Waals surface area contributed by atoms with Crippen LogP contribution in [0.4, 0.5) is 0 Å². The van der Waals surface area contributed by atoms with Gasteiger partial charge in [-0.25, -0.2) is 0 Å². The quantitative estimate of drug-likeness (QED) is 0.517. The number of hydrogen-bond donors (Lipinski definition) is 0. The Balaban J connectivity index is 1.24. The van der Waals surface area contributed by atoms with Crippen LogP contribution in [0.3, 0.4) is 0 Å². The van der Waals surface area contributed by atoms with Gasteiger partial charge in [0.05, 0.1) is 18.4 Å². The molecule has 2 aromatic carbocycles. The Labute approximate surface area is 195 Å². The second-order valence-electron chi connectivity index (χ2n) is 10.4. The molecule has 5 heteroatoms. The zero-order valence-corrected chi connectivity index (χ0v) is 19.1. The predicted octanol–water partition coefficient (Wildman–Crippen LogP) is 4.10. The number of para-hydroxylation sites is 1. The number of nitrogens with zero attached hydrogens (tertiary/aromatic N) is 2. The molecule has 4 heterocycles. The van der Waals surface area contributed by atoms with Gasteiger partial charge in [0.25, 0.3) is 0 Å². The summed E-state index contributed by atoms with van der Waals surface area (Å²) in [6.07, 6.45) is 2.77. The fraction of sp³-hybridized carbons (Fsp3) is 0.429. The second-order valence-corrected chi connectivity index (χ2v) is 10.4. The summed E-state index contributed by atoms with van der Waals surface area (Å²) in [6, 6.07) is 18.5. The molecule has 3 fully saturated rings. The molecule has 5 atom stereocenters. The van der Waals surface area contributed by atoms with E-state index in [0.29, 0.717) is 19.6 Å². The van der Waals surface area contributed by atoms with Gasteiger partial charge in [-0.05, 0) is 37.4 Å². The van der Waals surface area contributed by atoms with Crippen LogP contribution in [-0.2, 0) is 15.0 Å². The van der Waals surface area contributed by atoms with Gasteiger partial charge in [-0.3, -0.25) is 19.4 Å². The average molecular weight is 443 g/mol. The largest absolute Gasteiger partial charge is 0.492 e. The van der Waals surface area contributed by atoms with Gasteiger partial charge < -0.3 is 4.74 Å². The Hall–Kier alpha value is -2.92. The van der Waals surface area contributed by atoms with E-state index in [1.807, 2.05) is 36.4 Å². The molecule has 2 aromatic rings. The molecule has 3 saturated heterocycles. The number of ether oxygens (including phenoxy) is 1. The molecule has 33 heavy (non-hydrogen) atoms. The number of carbonyl (C=O) groups excluding carboxylic acids is 2. The third-order valence-electron chi connectivity index (χ3n) is 8.19. The maximum atomic E-state index is 13.7. The smallest absolute Gasteiger partial charge is 0.235 e. The van der Waals surface area contributed by atoms with E-state index in [0.717, 1.165) is 36.3 Å². The van der Waals surface area contributed by atoms with Gasteiger partial charge in [0.1, 0.15) is 5.75 Å². The van der Waals surface area contributed by atoms with Gasteiger partial charge in [0.15, 0.2) is 0 Å². The third kappa shape index (κ3) is 3.09. The number of hydrogen-bond acceptors (Lipinski definition) is 4. The Morgan fingerprint density at radius 2 is 1.79 bits per heavy atom. The summed E-state index contributed by atoms with van der Waals surface area (Å²) in [5.41, 5.74) is 3.03. The number of carbonyl (C=O) groups is 2. The number of likely N-dealkylation sites (tertiary alicyclic amines) is 1. The van der Waals surface area contributed by atoms with Crippen molar-refractivity contribution in [3.63, 3.8) is 0 Å². The summed E-state index contributed by atoms with van der Waals surface area (Å²) < 4.78 is 5.90. The predicted molar refractivity (Wildman–Crippen MR) is 126 cm³/mol. The Kier molecular flexibility index (Phi) is 4.73. The summed E-state index contributed by atoms with van der Waals surface area (Å²) in [6.45, 7) is 8.32. The van der Waals surface area contributed by atoms with E-state index in [4.69, 9.17) is 4.74 Å². The molecule has 0 unspecified atom stereocenters. The van der Waals surface area contributed by atoms with Crippen LogP contribution in [0.1, 0.15) is 43.4 Å². The Morgan fingerprint density at radius 1 is 1.06 bits per heavy atom. The van der Waals surface area contributed by atoms with Crippen molar-refractivity contribution in [3.8, 4) is 5.75 Å². The number of imide groups is 1. The second kappa shape index (κ2) is 7.56. The molecule has 0 aliphatic carbocycles. The highest BCUT2D eigenvalue weighted by Gasteiger charge is 2.62. The molecular formula is C28H30N2O3. The van der Waals surface area contributed by atoms with Crippen molar-refractivity contribution in [2.45, 2.75) is 43.7 Å². The lowest BCUT2D eigenvalue weighted by Gasteiger charge is -2.30. The lowest BCUT2D eigenvalue weighted by atomic mass is 9.79. The molecule has 6 rings (SSSR count). The molecule has 0 N–H and O–H groups in total. The van der Waals surface area contributed by atoms with Crippen molar-refractivity contribution >= 4 is 11.8 Å². The Morgan fingerprint density at radius 3 is 2.61 bits per heavy atom.